The van der Waals surface area contributed by atoms with Crippen molar-refractivity contribution in [2.24, 2.45) is 0 Å². The maximum absolute atomic E-state index is 12.9. The molecule has 0 radical (unpaired) electrons. The van der Waals surface area contributed by atoms with Crippen molar-refractivity contribution in [3.63, 3.8) is 0 Å². The van der Waals surface area contributed by atoms with E-state index in [4.69, 9.17) is 19.7 Å². The number of ether oxygens (including phenoxy) is 1. The molecule has 0 saturated carbocycles. The first-order valence-corrected chi connectivity index (χ1v) is 17.3. The zero-order chi connectivity index (χ0) is 35.6. The van der Waals surface area contributed by atoms with E-state index in [1.165, 1.54) is 11.1 Å². The van der Waals surface area contributed by atoms with Crippen LogP contribution in [0.2, 0.25) is 0 Å². The summed E-state index contributed by atoms with van der Waals surface area (Å²) in [5.41, 5.74) is 3.63. The molecule has 2 aliphatic heterocycles. The number of aliphatic hydroxyl groups excluding tert-OH is 2. The van der Waals surface area contributed by atoms with Crippen molar-refractivity contribution in [3.05, 3.63) is 114 Å². The molecule has 266 valence electrons. The van der Waals surface area contributed by atoms with Gasteiger partial charge in [-0.05, 0) is 41.8 Å². The van der Waals surface area contributed by atoms with E-state index < -0.39 is 24.5 Å². The molecule has 0 unspecified atom stereocenters. The van der Waals surface area contributed by atoms with Crippen molar-refractivity contribution in [2.45, 2.75) is 56.4 Å². The predicted molar refractivity (Wildman–Crippen MR) is 189 cm³/mol. The standard InChI is InChI=1S/C36H38N12O4/c1-2-48-44-32(43-45-48)30-28(49)29(50)35(52-30)47-21-39-27-31(38-19-26(22-10-5-3-6-11-22)23-12-7-4-8-13-23)41-36(42-33(27)47)46-17-15-25(20-46)40-34(51)24-14-9-16-37-18-24/h3-14,16,18,21,25-26,28-30,35,49-50H,2,15,17,19-20H2,1H3,(H,40,51)(H,38,41,42)/t25-,28+,29-,30+,35-/m1/s1. The van der Waals surface area contributed by atoms with Crippen LogP contribution in [0.25, 0.3) is 11.2 Å². The molecule has 2 aliphatic rings. The number of benzene rings is 2. The number of tetrazole rings is 1. The van der Waals surface area contributed by atoms with Crippen molar-refractivity contribution >= 4 is 28.8 Å². The second kappa shape index (κ2) is 14.4. The number of aliphatic hydroxyl groups is 2. The van der Waals surface area contributed by atoms with Gasteiger partial charge in [-0.2, -0.15) is 14.8 Å². The fourth-order valence-corrected chi connectivity index (χ4v) is 6.79. The summed E-state index contributed by atoms with van der Waals surface area (Å²) in [6, 6.07) is 23.8. The summed E-state index contributed by atoms with van der Waals surface area (Å²) in [6.45, 7) is 3.93. The number of aromatic nitrogens is 9. The quantitative estimate of drug-likeness (QED) is 0.154. The SMILES string of the molecule is CCn1nnc([C@H]2O[C@@H](n3cnc4c(NCC(c5ccccc5)c5ccccc5)nc(N5CC[C@@H](NC(=O)c6cccnc6)C5)nc43)[C@H](O)[C@@H]2O)n1. The van der Waals surface area contributed by atoms with Crippen molar-refractivity contribution < 1.29 is 19.7 Å². The number of imidazole rings is 1. The molecule has 6 heterocycles. The van der Waals surface area contributed by atoms with Crippen LogP contribution in [0.4, 0.5) is 11.8 Å². The number of amides is 1. The van der Waals surface area contributed by atoms with Gasteiger partial charge in [0.2, 0.25) is 11.8 Å². The number of aryl methyl sites for hydroxylation is 1. The number of pyridine rings is 1. The Morgan fingerprint density at radius 2 is 1.77 bits per heavy atom. The summed E-state index contributed by atoms with van der Waals surface area (Å²) >= 11 is 0. The Balaban J connectivity index is 1.12. The van der Waals surface area contributed by atoms with Gasteiger partial charge >= 0.3 is 0 Å². The number of carbonyl (C=O) groups is 1. The number of fused-ring (bicyclic) bond motifs is 1. The van der Waals surface area contributed by atoms with E-state index in [9.17, 15) is 15.0 Å². The molecule has 52 heavy (non-hydrogen) atoms. The lowest BCUT2D eigenvalue weighted by molar-refractivity contribution is -0.0384. The van der Waals surface area contributed by atoms with Crippen LogP contribution >= 0.6 is 0 Å². The molecule has 0 bridgehead atoms. The van der Waals surface area contributed by atoms with E-state index in [-0.39, 0.29) is 23.7 Å². The number of nitrogens with zero attached hydrogens (tertiary/aromatic N) is 10. The molecule has 5 atom stereocenters. The molecule has 16 nitrogen and oxygen atoms in total. The van der Waals surface area contributed by atoms with E-state index in [0.717, 1.165) is 11.1 Å². The second-order valence-corrected chi connectivity index (χ2v) is 12.9. The summed E-state index contributed by atoms with van der Waals surface area (Å²) in [5.74, 6) is 0.885. The van der Waals surface area contributed by atoms with Crippen LogP contribution in [0.3, 0.4) is 0 Å². The zero-order valence-electron chi connectivity index (χ0n) is 28.3. The molecule has 4 aromatic heterocycles. The Bertz CT molecular complexity index is 2090. The minimum absolute atomic E-state index is 0.00302. The van der Waals surface area contributed by atoms with Crippen LogP contribution in [-0.4, -0.2) is 98.7 Å². The average molecular weight is 703 g/mol. The van der Waals surface area contributed by atoms with E-state index in [0.29, 0.717) is 61.1 Å². The first-order chi connectivity index (χ1) is 25.5. The molecular weight excluding hydrogens is 664 g/mol. The molecular formula is C36H38N12O4. The lowest BCUT2D eigenvalue weighted by atomic mass is 9.91. The summed E-state index contributed by atoms with van der Waals surface area (Å²) < 4.78 is 7.81. The monoisotopic (exact) mass is 702 g/mol. The van der Waals surface area contributed by atoms with E-state index in [2.05, 4.69) is 55.3 Å². The van der Waals surface area contributed by atoms with Crippen molar-refractivity contribution in [1.82, 2.24) is 50.0 Å². The Kier molecular flexibility index (Phi) is 9.24. The number of nitrogens with one attached hydrogen (secondary N) is 2. The number of anilines is 2. The molecule has 16 heteroatoms. The average Bonchev–Trinajstić information content (AvgIpc) is 4.00. The van der Waals surface area contributed by atoms with Gasteiger partial charge in [0.1, 0.15) is 12.2 Å². The fraction of sp³-hybridized carbons (Fsp3) is 0.333. The van der Waals surface area contributed by atoms with Gasteiger partial charge in [0, 0.05) is 44.0 Å². The topological polar surface area (TPSA) is 194 Å². The van der Waals surface area contributed by atoms with Crippen LogP contribution in [0.1, 0.15) is 58.9 Å². The Hall–Kier alpha value is -5.84. The number of hydrogen-bond acceptors (Lipinski definition) is 13. The summed E-state index contributed by atoms with van der Waals surface area (Å²) in [6.07, 6.45) is 0.645. The minimum Gasteiger partial charge on any atom is -0.387 e. The Labute approximate surface area is 298 Å². The number of hydrogen-bond donors (Lipinski definition) is 4. The van der Waals surface area contributed by atoms with Crippen LogP contribution < -0.4 is 15.5 Å². The summed E-state index contributed by atoms with van der Waals surface area (Å²) in [4.78, 5) is 35.0. The van der Waals surface area contributed by atoms with Crippen molar-refractivity contribution in [3.8, 4) is 0 Å². The van der Waals surface area contributed by atoms with Gasteiger partial charge in [-0.1, -0.05) is 60.7 Å². The van der Waals surface area contributed by atoms with E-state index in [1.807, 2.05) is 48.2 Å². The third-order valence-electron chi connectivity index (χ3n) is 9.54. The number of rotatable bonds is 11. The smallest absolute Gasteiger partial charge is 0.253 e. The third kappa shape index (κ3) is 6.54. The fourth-order valence-electron chi connectivity index (χ4n) is 6.79. The van der Waals surface area contributed by atoms with Crippen LogP contribution in [0.5, 0.6) is 0 Å². The van der Waals surface area contributed by atoms with Crippen LogP contribution in [0.15, 0.2) is 91.5 Å². The maximum atomic E-state index is 12.9. The van der Waals surface area contributed by atoms with Crippen molar-refractivity contribution in [2.75, 3.05) is 29.9 Å². The van der Waals surface area contributed by atoms with Gasteiger partial charge in [-0.25, -0.2) is 4.98 Å². The highest BCUT2D eigenvalue weighted by Gasteiger charge is 2.47. The normalized spacial score (nSPS) is 21.6. The molecule has 0 spiro atoms. The zero-order valence-corrected chi connectivity index (χ0v) is 28.3. The second-order valence-electron chi connectivity index (χ2n) is 12.9. The maximum Gasteiger partial charge on any atom is 0.253 e. The van der Waals surface area contributed by atoms with E-state index >= 15 is 0 Å². The molecule has 4 N–H and O–H groups in total. The Morgan fingerprint density at radius 3 is 2.46 bits per heavy atom. The molecule has 1 amide bonds. The highest BCUT2D eigenvalue weighted by atomic mass is 16.6. The molecule has 8 rings (SSSR count). The molecule has 6 aromatic rings. The number of carbonyl (C=O) groups excluding carboxylic acids is 1. The molecule has 2 fully saturated rings. The van der Waals surface area contributed by atoms with Gasteiger partial charge in [-0.3, -0.25) is 14.3 Å². The predicted octanol–water partition coefficient (Wildman–Crippen LogP) is 2.47. The lowest BCUT2D eigenvalue weighted by Gasteiger charge is -2.22. The van der Waals surface area contributed by atoms with Gasteiger partial charge in [0.15, 0.2) is 29.3 Å². The minimum atomic E-state index is -1.34. The summed E-state index contributed by atoms with van der Waals surface area (Å²) in [7, 11) is 0. The molecule has 2 aromatic carbocycles. The van der Waals surface area contributed by atoms with Gasteiger partial charge in [0.25, 0.3) is 5.91 Å². The first-order valence-electron chi connectivity index (χ1n) is 17.3. The summed E-state index contributed by atoms with van der Waals surface area (Å²) in [5, 5.41) is 41.3. The van der Waals surface area contributed by atoms with Crippen molar-refractivity contribution in [1.29, 1.82) is 0 Å². The lowest BCUT2D eigenvalue weighted by Crippen LogP contribution is -2.37. The highest BCUT2D eigenvalue weighted by Crippen LogP contribution is 2.39. The van der Waals surface area contributed by atoms with Gasteiger partial charge < -0.3 is 30.5 Å². The highest BCUT2D eigenvalue weighted by molar-refractivity contribution is 5.94. The molecule has 0 aliphatic carbocycles. The van der Waals surface area contributed by atoms with Crippen LogP contribution in [-0.2, 0) is 11.3 Å². The Morgan fingerprint density at radius 1 is 1.00 bits per heavy atom. The van der Waals surface area contributed by atoms with Crippen LogP contribution in [0, 0.1) is 0 Å². The van der Waals surface area contributed by atoms with E-state index in [1.54, 1.807) is 29.1 Å². The largest absolute Gasteiger partial charge is 0.387 e. The van der Waals surface area contributed by atoms with Gasteiger partial charge in [0.05, 0.1) is 18.4 Å². The first kappa shape index (κ1) is 33.3. The molecule has 2 saturated heterocycles. The third-order valence-corrected chi connectivity index (χ3v) is 9.54. The van der Waals surface area contributed by atoms with Gasteiger partial charge in [-0.15, -0.1) is 10.2 Å².